The molecule has 1 heterocycles. The van der Waals surface area contributed by atoms with Gasteiger partial charge in [-0.25, -0.2) is 0 Å². The minimum atomic E-state index is -0.884. The van der Waals surface area contributed by atoms with Crippen LogP contribution >= 0.6 is 0 Å². The second kappa shape index (κ2) is 5.42. The molecule has 1 aromatic carbocycles. The molecular weight excluding hydrogens is 232 g/mol. The van der Waals surface area contributed by atoms with Crippen LogP contribution in [0.25, 0.3) is 5.69 Å². The highest BCUT2D eigenvalue weighted by Crippen LogP contribution is 2.04. The Morgan fingerprint density at radius 3 is 2.83 bits per heavy atom. The van der Waals surface area contributed by atoms with Gasteiger partial charge in [0.05, 0.1) is 17.6 Å². The van der Waals surface area contributed by atoms with Crippen LogP contribution in [0.3, 0.4) is 0 Å². The molecule has 18 heavy (non-hydrogen) atoms. The summed E-state index contributed by atoms with van der Waals surface area (Å²) >= 11 is 0. The van der Waals surface area contributed by atoms with E-state index < -0.39 is 12.0 Å². The first-order valence-electron chi connectivity index (χ1n) is 5.59. The second-order valence-corrected chi connectivity index (χ2v) is 3.90. The number of nitrogens with zero attached hydrogens (tertiary/aromatic N) is 3. The number of benzene rings is 1. The van der Waals surface area contributed by atoms with E-state index in [1.54, 1.807) is 13.1 Å². The molecule has 1 unspecified atom stereocenters. The Labute approximate surface area is 104 Å². The van der Waals surface area contributed by atoms with Crippen LogP contribution in [0.15, 0.2) is 36.5 Å². The van der Waals surface area contributed by atoms with Gasteiger partial charge in [0.25, 0.3) is 0 Å². The Balaban J connectivity index is 2.01. The molecule has 0 saturated heterocycles. The van der Waals surface area contributed by atoms with Crippen LogP contribution in [0.2, 0.25) is 0 Å². The minimum Gasteiger partial charge on any atom is -0.480 e. The normalized spacial score (nSPS) is 12.3. The number of para-hydroxylation sites is 1. The molecule has 2 N–H and O–H groups in total. The van der Waals surface area contributed by atoms with Gasteiger partial charge in [0.1, 0.15) is 6.04 Å². The van der Waals surface area contributed by atoms with Gasteiger partial charge in [-0.05, 0) is 19.1 Å². The Morgan fingerprint density at radius 1 is 1.44 bits per heavy atom. The average Bonchev–Trinajstić information content (AvgIpc) is 2.85. The van der Waals surface area contributed by atoms with Crippen molar-refractivity contribution in [2.75, 3.05) is 0 Å². The van der Waals surface area contributed by atoms with E-state index in [-0.39, 0.29) is 0 Å². The number of carbonyl (C=O) groups is 1. The third-order valence-corrected chi connectivity index (χ3v) is 2.49. The fraction of sp³-hybridized carbons (Fsp3) is 0.250. The van der Waals surface area contributed by atoms with Gasteiger partial charge >= 0.3 is 5.97 Å². The summed E-state index contributed by atoms with van der Waals surface area (Å²) in [6.45, 7) is 1.96. The van der Waals surface area contributed by atoms with E-state index >= 15 is 0 Å². The topological polar surface area (TPSA) is 80.0 Å². The van der Waals surface area contributed by atoms with Crippen molar-refractivity contribution in [3.8, 4) is 5.69 Å². The third kappa shape index (κ3) is 2.92. The van der Waals surface area contributed by atoms with Gasteiger partial charge in [-0.15, -0.1) is 0 Å². The van der Waals surface area contributed by atoms with E-state index in [9.17, 15) is 4.79 Å². The number of hydrogen-bond donors (Lipinski definition) is 2. The maximum atomic E-state index is 10.6. The molecule has 1 aromatic heterocycles. The number of aliphatic carboxylic acids is 1. The zero-order valence-corrected chi connectivity index (χ0v) is 9.95. The number of rotatable bonds is 5. The molecule has 2 rings (SSSR count). The summed E-state index contributed by atoms with van der Waals surface area (Å²) in [5.41, 5.74) is 1.57. The molecule has 94 valence electrons. The molecule has 1 atom stereocenters. The number of aromatic nitrogens is 3. The molecule has 0 saturated carbocycles. The first-order chi connectivity index (χ1) is 8.66. The fourth-order valence-electron chi connectivity index (χ4n) is 1.41. The molecule has 2 aromatic rings. The summed E-state index contributed by atoms with van der Waals surface area (Å²) < 4.78 is 0. The van der Waals surface area contributed by atoms with E-state index in [1.807, 2.05) is 30.3 Å². The quantitative estimate of drug-likeness (QED) is 0.816. The Morgan fingerprint density at radius 2 is 2.17 bits per heavy atom. The first-order valence-corrected chi connectivity index (χ1v) is 5.59. The summed E-state index contributed by atoms with van der Waals surface area (Å²) in [5.74, 6) is -0.884. The Kier molecular flexibility index (Phi) is 3.69. The summed E-state index contributed by atoms with van der Waals surface area (Å²) in [7, 11) is 0. The average molecular weight is 246 g/mol. The van der Waals surface area contributed by atoms with Gasteiger partial charge in [0, 0.05) is 6.54 Å². The van der Waals surface area contributed by atoms with E-state index in [0.29, 0.717) is 12.2 Å². The molecular formula is C12H14N4O2. The molecule has 6 heteroatoms. The van der Waals surface area contributed by atoms with Crippen molar-refractivity contribution in [1.82, 2.24) is 20.3 Å². The van der Waals surface area contributed by atoms with Crippen molar-refractivity contribution in [1.29, 1.82) is 0 Å². The van der Waals surface area contributed by atoms with E-state index in [0.717, 1.165) is 5.69 Å². The molecule has 0 aliphatic heterocycles. The molecule has 6 nitrogen and oxygen atoms in total. The van der Waals surface area contributed by atoms with Crippen molar-refractivity contribution in [3.05, 3.63) is 42.2 Å². The fourth-order valence-corrected chi connectivity index (χ4v) is 1.41. The van der Waals surface area contributed by atoms with Crippen LogP contribution in [0.5, 0.6) is 0 Å². The van der Waals surface area contributed by atoms with Gasteiger partial charge < -0.3 is 5.11 Å². The van der Waals surface area contributed by atoms with Crippen LogP contribution in [0.1, 0.15) is 12.6 Å². The lowest BCUT2D eigenvalue weighted by Gasteiger charge is -2.06. The van der Waals surface area contributed by atoms with Gasteiger partial charge in [-0.2, -0.15) is 15.0 Å². The Bertz CT molecular complexity index is 524. The van der Waals surface area contributed by atoms with Gasteiger partial charge in [0.2, 0.25) is 0 Å². The van der Waals surface area contributed by atoms with Gasteiger partial charge in [-0.1, -0.05) is 18.2 Å². The SMILES string of the molecule is CC(NCc1cnn(-c2ccccc2)n1)C(=O)O. The van der Waals surface area contributed by atoms with Gasteiger partial charge in [-0.3, -0.25) is 10.1 Å². The predicted molar refractivity (Wildman–Crippen MR) is 65.3 cm³/mol. The maximum Gasteiger partial charge on any atom is 0.320 e. The second-order valence-electron chi connectivity index (χ2n) is 3.90. The Hall–Kier alpha value is -2.21. The van der Waals surface area contributed by atoms with Crippen molar-refractivity contribution in [2.45, 2.75) is 19.5 Å². The molecule has 0 bridgehead atoms. The van der Waals surface area contributed by atoms with Crippen LogP contribution in [-0.4, -0.2) is 32.1 Å². The highest BCUT2D eigenvalue weighted by molar-refractivity contribution is 5.72. The molecule has 0 spiro atoms. The van der Waals surface area contributed by atoms with Crippen LogP contribution in [-0.2, 0) is 11.3 Å². The number of carboxylic acids is 1. The largest absolute Gasteiger partial charge is 0.480 e. The van der Waals surface area contributed by atoms with Crippen LogP contribution in [0.4, 0.5) is 0 Å². The highest BCUT2D eigenvalue weighted by atomic mass is 16.4. The monoisotopic (exact) mass is 246 g/mol. The van der Waals surface area contributed by atoms with E-state index in [2.05, 4.69) is 15.5 Å². The van der Waals surface area contributed by atoms with E-state index in [1.165, 1.54) is 4.80 Å². The lowest BCUT2D eigenvalue weighted by atomic mass is 10.3. The standard InChI is InChI=1S/C12H14N4O2/c1-9(12(17)18)13-7-10-8-14-16(15-10)11-5-3-2-4-6-11/h2-6,8-9,13H,7H2,1H3,(H,17,18). The predicted octanol–water partition coefficient (Wildman–Crippen LogP) is 0.830. The first kappa shape index (κ1) is 12.3. The smallest absolute Gasteiger partial charge is 0.320 e. The van der Waals surface area contributed by atoms with E-state index in [4.69, 9.17) is 5.11 Å². The van der Waals surface area contributed by atoms with Crippen molar-refractivity contribution >= 4 is 5.97 Å². The zero-order valence-electron chi connectivity index (χ0n) is 9.95. The molecule has 0 radical (unpaired) electrons. The number of nitrogens with one attached hydrogen (secondary N) is 1. The molecule has 0 fully saturated rings. The molecule has 0 aliphatic rings. The highest BCUT2D eigenvalue weighted by Gasteiger charge is 2.10. The summed E-state index contributed by atoms with van der Waals surface area (Å²) in [6, 6.07) is 8.93. The molecule has 0 aliphatic carbocycles. The zero-order chi connectivity index (χ0) is 13.0. The third-order valence-electron chi connectivity index (χ3n) is 2.49. The van der Waals surface area contributed by atoms with Crippen molar-refractivity contribution in [2.24, 2.45) is 0 Å². The van der Waals surface area contributed by atoms with Gasteiger partial charge in [0.15, 0.2) is 0 Å². The summed E-state index contributed by atoms with van der Waals surface area (Å²) in [4.78, 5) is 12.2. The van der Waals surface area contributed by atoms with Crippen LogP contribution in [0, 0.1) is 0 Å². The lowest BCUT2D eigenvalue weighted by molar-refractivity contribution is -0.139. The minimum absolute atomic E-state index is 0.375. The van der Waals surface area contributed by atoms with Crippen molar-refractivity contribution < 1.29 is 9.90 Å². The molecule has 0 amide bonds. The number of hydrogen-bond acceptors (Lipinski definition) is 4. The number of carboxylic acid groups (broad SMARTS) is 1. The van der Waals surface area contributed by atoms with Crippen molar-refractivity contribution in [3.63, 3.8) is 0 Å². The maximum absolute atomic E-state index is 10.6. The lowest BCUT2D eigenvalue weighted by Crippen LogP contribution is -2.33. The summed E-state index contributed by atoms with van der Waals surface area (Å²) in [6.07, 6.45) is 1.62. The van der Waals surface area contributed by atoms with Crippen LogP contribution < -0.4 is 5.32 Å². The summed E-state index contributed by atoms with van der Waals surface area (Å²) in [5, 5.41) is 20.0.